The second-order valence-corrected chi connectivity index (χ2v) is 4.29. The van der Waals surface area contributed by atoms with Crippen molar-refractivity contribution in [1.29, 1.82) is 0 Å². The third-order valence-corrected chi connectivity index (χ3v) is 2.95. The Hall–Kier alpha value is -2.90. The van der Waals surface area contributed by atoms with Gasteiger partial charge in [-0.1, -0.05) is 12.1 Å². The minimum absolute atomic E-state index is 0.128. The lowest BCUT2D eigenvalue weighted by molar-refractivity contribution is -0.384. The Kier molecular flexibility index (Phi) is 3.38. The SMILES string of the molecule is CC1=C(C(N)=O)[C@H](c2cccc([N+](=O)[O-])c2)NC(=O)N1. The molecule has 4 N–H and O–H groups in total. The first-order valence-electron chi connectivity index (χ1n) is 5.72. The van der Waals surface area contributed by atoms with E-state index in [9.17, 15) is 19.7 Å². The number of nitrogens with one attached hydrogen (secondary N) is 2. The predicted molar refractivity (Wildman–Crippen MR) is 69.4 cm³/mol. The quantitative estimate of drug-likeness (QED) is 0.554. The molecule has 0 aliphatic carbocycles. The fraction of sp³-hybridized carbons (Fsp3) is 0.167. The number of rotatable bonds is 3. The first-order chi connectivity index (χ1) is 9.40. The molecule has 0 fully saturated rings. The third kappa shape index (κ3) is 2.44. The Morgan fingerprint density at radius 3 is 2.75 bits per heavy atom. The van der Waals surface area contributed by atoms with Crippen LogP contribution in [0.2, 0.25) is 0 Å². The highest BCUT2D eigenvalue weighted by molar-refractivity contribution is 5.97. The molecule has 0 aromatic heterocycles. The Morgan fingerprint density at radius 1 is 1.45 bits per heavy atom. The number of non-ortho nitro benzene ring substituents is 1. The molecule has 1 aromatic carbocycles. The maximum Gasteiger partial charge on any atom is 0.319 e. The zero-order valence-corrected chi connectivity index (χ0v) is 10.5. The van der Waals surface area contributed by atoms with Crippen molar-refractivity contribution in [3.8, 4) is 0 Å². The number of allylic oxidation sites excluding steroid dienone is 1. The molecule has 8 heteroatoms. The molecule has 1 aromatic rings. The van der Waals surface area contributed by atoms with Crippen molar-refractivity contribution in [3.05, 3.63) is 51.2 Å². The Balaban J connectivity index is 2.51. The third-order valence-electron chi connectivity index (χ3n) is 2.95. The van der Waals surface area contributed by atoms with Crippen LogP contribution in [0.5, 0.6) is 0 Å². The van der Waals surface area contributed by atoms with E-state index in [0.717, 1.165) is 0 Å². The average molecular weight is 276 g/mol. The van der Waals surface area contributed by atoms with Crippen LogP contribution in [-0.4, -0.2) is 16.9 Å². The molecular formula is C12H12N4O4. The van der Waals surface area contributed by atoms with Gasteiger partial charge < -0.3 is 16.4 Å². The summed E-state index contributed by atoms with van der Waals surface area (Å²) in [5.41, 5.74) is 6.10. The molecule has 1 heterocycles. The lowest BCUT2D eigenvalue weighted by atomic mass is 9.95. The number of amides is 3. The number of nitrogens with zero attached hydrogens (tertiary/aromatic N) is 1. The summed E-state index contributed by atoms with van der Waals surface area (Å²) in [6.45, 7) is 1.54. The predicted octanol–water partition coefficient (Wildman–Crippen LogP) is 0.708. The summed E-state index contributed by atoms with van der Waals surface area (Å²) in [5, 5.41) is 15.8. The van der Waals surface area contributed by atoms with Gasteiger partial charge in [0.1, 0.15) is 0 Å². The molecule has 3 amide bonds. The summed E-state index contributed by atoms with van der Waals surface area (Å²) in [5.74, 6) is -0.702. The van der Waals surface area contributed by atoms with Gasteiger partial charge in [-0.05, 0) is 12.5 Å². The first-order valence-corrected chi connectivity index (χ1v) is 5.72. The molecule has 0 radical (unpaired) electrons. The molecule has 0 spiro atoms. The van der Waals surface area contributed by atoms with Crippen LogP contribution in [0.3, 0.4) is 0 Å². The fourth-order valence-electron chi connectivity index (χ4n) is 2.09. The molecule has 0 saturated carbocycles. The average Bonchev–Trinajstić information content (AvgIpc) is 2.37. The Bertz CT molecular complexity index is 638. The molecule has 0 unspecified atom stereocenters. The number of nitro groups is 1. The van der Waals surface area contributed by atoms with Gasteiger partial charge in [-0.15, -0.1) is 0 Å². The number of carbonyl (C=O) groups is 2. The van der Waals surface area contributed by atoms with E-state index in [1.54, 1.807) is 13.0 Å². The normalized spacial score (nSPS) is 18.2. The number of carbonyl (C=O) groups excluding carboxylic acids is 2. The van der Waals surface area contributed by atoms with Gasteiger partial charge in [0.2, 0.25) is 5.91 Å². The van der Waals surface area contributed by atoms with E-state index in [2.05, 4.69) is 10.6 Å². The van der Waals surface area contributed by atoms with Crippen molar-refractivity contribution in [2.45, 2.75) is 13.0 Å². The lowest BCUT2D eigenvalue weighted by Gasteiger charge is -2.27. The van der Waals surface area contributed by atoms with Crippen LogP contribution in [0.4, 0.5) is 10.5 Å². The number of nitrogens with two attached hydrogens (primary N) is 1. The van der Waals surface area contributed by atoms with Gasteiger partial charge in [-0.3, -0.25) is 14.9 Å². The molecule has 104 valence electrons. The van der Waals surface area contributed by atoms with Gasteiger partial charge in [-0.2, -0.15) is 0 Å². The van der Waals surface area contributed by atoms with Crippen LogP contribution in [0.1, 0.15) is 18.5 Å². The molecule has 0 bridgehead atoms. The van der Waals surface area contributed by atoms with E-state index in [1.165, 1.54) is 18.2 Å². The summed E-state index contributed by atoms with van der Waals surface area (Å²) < 4.78 is 0. The molecule has 2 rings (SSSR count). The number of urea groups is 1. The number of nitro benzene ring substituents is 1. The van der Waals surface area contributed by atoms with Crippen LogP contribution in [0, 0.1) is 10.1 Å². The minimum atomic E-state index is -0.804. The lowest BCUT2D eigenvalue weighted by Crippen LogP contribution is -2.46. The highest BCUT2D eigenvalue weighted by Crippen LogP contribution is 2.28. The monoisotopic (exact) mass is 276 g/mol. The fourth-order valence-corrected chi connectivity index (χ4v) is 2.09. The molecule has 20 heavy (non-hydrogen) atoms. The number of hydrogen-bond acceptors (Lipinski definition) is 4. The van der Waals surface area contributed by atoms with Gasteiger partial charge in [0.05, 0.1) is 16.5 Å². The van der Waals surface area contributed by atoms with Crippen molar-refractivity contribution >= 4 is 17.6 Å². The zero-order valence-electron chi connectivity index (χ0n) is 10.5. The first kappa shape index (κ1) is 13.5. The van der Waals surface area contributed by atoms with Crippen molar-refractivity contribution < 1.29 is 14.5 Å². The van der Waals surface area contributed by atoms with Gasteiger partial charge in [0, 0.05) is 17.8 Å². The van der Waals surface area contributed by atoms with Crippen molar-refractivity contribution in [3.63, 3.8) is 0 Å². The van der Waals surface area contributed by atoms with Crippen LogP contribution in [0.15, 0.2) is 35.5 Å². The standard InChI is InChI=1S/C12H12N4O4/c1-6-9(11(13)17)10(15-12(18)14-6)7-3-2-4-8(5-7)16(19)20/h2-5,10H,1H3,(H2,13,17)(H2,14,15,18)/t10-/m0/s1. The summed E-state index contributed by atoms with van der Waals surface area (Å²) >= 11 is 0. The number of benzene rings is 1. The van der Waals surface area contributed by atoms with Crippen LogP contribution in [0.25, 0.3) is 0 Å². The van der Waals surface area contributed by atoms with Gasteiger partial charge in [0.15, 0.2) is 0 Å². The van der Waals surface area contributed by atoms with E-state index in [4.69, 9.17) is 5.73 Å². The Labute approximate surface area is 113 Å². The maximum atomic E-state index is 11.5. The van der Waals surface area contributed by atoms with Crippen LogP contribution < -0.4 is 16.4 Å². The van der Waals surface area contributed by atoms with Crippen molar-refractivity contribution in [2.75, 3.05) is 0 Å². The molecule has 1 aliphatic heterocycles. The zero-order chi connectivity index (χ0) is 14.9. The van der Waals surface area contributed by atoms with E-state index < -0.39 is 22.9 Å². The highest BCUT2D eigenvalue weighted by atomic mass is 16.6. The van der Waals surface area contributed by atoms with E-state index >= 15 is 0 Å². The molecule has 1 aliphatic rings. The smallest absolute Gasteiger partial charge is 0.319 e. The topological polar surface area (TPSA) is 127 Å². The summed E-state index contributed by atoms with van der Waals surface area (Å²) in [6, 6.07) is 4.39. The van der Waals surface area contributed by atoms with Gasteiger partial charge >= 0.3 is 6.03 Å². The molecule has 0 saturated heterocycles. The molecule has 1 atom stereocenters. The van der Waals surface area contributed by atoms with E-state index in [1.807, 2.05) is 0 Å². The second-order valence-electron chi connectivity index (χ2n) is 4.29. The Morgan fingerprint density at radius 2 is 2.15 bits per heavy atom. The largest absolute Gasteiger partial charge is 0.366 e. The van der Waals surface area contributed by atoms with E-state index in [0.29, 0.717) is 11.3 Å². The van der Waals surface area contributed by atoms with Crippen LogP contribution in [-0.2, 0) is 4.79 Å². The summed E-state index contributed by atoms with van der Waals surface area (Å²) in [4.78, 5) is 33.2. The van der Waals surface area contributed by atoms with Crippen LogP contribution >= 0.6 is 0 Å². The van der Waals surface area contributed by atoms with Crippen molar-refractivity contribution in [2.24, 2.45) is 5.73 Å². The van der Waals surface area contributed by atoms with Crippen molar-refractivity contribution in [1.82, 2.24) is 10.6 Å². The van der Waals surface area contributed by atoms with E-state index in [-0.39, 0.29) is 11.3 Å². The molecule has 8 nitrogen and oxygen atoms in total. The maximum absolute atomic E-state index is 11.5. The molecular weight excluding hydrogens is 264 g/mol. The summed E-state index contributed by atoms with van der Waals surface area (Å²) in [7, 11) is 0. The second kappa shape index (κ2) is 5.00. The number of primary amides is 1. The van der Waals surface area contributed by atoms with Gasteiger partial charge in [-0.25, -0.2) is 4.79 Å². The highest BCUT2D eigenvalue weighted by Gasteiger charge is 2.30. The minimum Gasteiger partial charge on any atom is -0.366 e. The van der Waals surface area contributed by atoms with Gasteiger partial charge in [0.25, 0.3) is 5.69 Å². The number of hydrogen-bond donors (Lipinski definition) is 3. The summed E-state index contributed by atoms with van der Waals surface area (Å²) in [6.07, 6.45) is 0.